The minimum Gasteiger partial charge on any atom is -0.487 e. The molecule has 0 saturated carbocycles. The van der Waals surface area contributed by atoms with Crippen LogP contribution in [0.5, 0.6) is 5.75 Å². The fourth-order valence-corrected chi connectivity index (χ4v) is 4.67. The molecule has 5 rings (SSSR count). The fourth-order valence-electron chi connectivity index (χ4n) is 4.67. The van der Waals surface area contributed by atoms with Crippen molar-refractivity contribution >= 4 is 22.9 Å². The van der Waals surface area contributed by atoms with Gasteiger partial charge >= 0.3 is 6.09 Å². The van der Waals surface area contributed by atoms with E-state index >= 15 is 0 Å². The molecule has 1 fully saturated rings. The van der Waals surface area contributed by atoms with Gasteiger partial charge in [-0.2, -0.15) is 5.10 Å². The third-order valence-electron chi connectivity index (χ3n) is 6.33. The molecule has 2 aromatic carbocycles. The molecule has 2 aliphatic heterocycles. The number of piperidine rings is 1. The van der Waals surface area contributed by atoms with Crippen LogP contribution in [-0.2, 0) is 4.74 Å². The largest absolute Gasteiger partial charge is 0.487 e. The van der Waals surface area contributed by atoms with E-state index in [2.05, 4.69) is 15.5 Å². The summed E-state index contributed by atoms with van der Waals surface area (Å²) in [5.74, 6) is 0.629. The zero-order chi connectivity index (χ0) is 21.4. The number of fused-ring (bicyclic) bond motifs is 2. The van der Waals surface area contributed by atoms with E-state index in [0.717, 1.165) is 22.2 Å². The van der Waals surface area contributed by atoms with Gasteiger partial charge in [-0.3, -0.25) is 9.89 Å². The summed E-state index contributed by atoms with van der Waals surface area (Å²) in [6, 6.07) is 13.2. The smallest absolute Gasteiger partial charge is 0.409 e. The number of rotatable bonds is 2. The Kier molecular flexibility index (Phi) is 4.77. The molecule has 2 amide bonds. The maximum Gasteiger partial charge on any atom is 0.409 e. The average molecular weight is 420 g/mol. The van der Waals surface area contributed by atoms with Crippen LogP contribution in [0.4, 0.5) is 4.79 Å². The highest BCUT2D eigenvalue weighted by Crippen LogP contribution is 2.44. The standard InChI is InChI=1S/C23H24N4O4/c1-30-22(29)27-11-9-23(10-12-27)13-18(16-6-2-3-8-19(16)31-23)25-21(28)17-7-4-5-15-14-24-26-20(15)17/h2-8,14,18H,9-13H2,1H3,(H,24,26)(H,25,28)/t18-/m0/s1. The number of carbonyl (C=O) groups is 2. The number of para-hydroxylation sites is 2. The van der Waals surface area contributed by atoms with Crippen LogP contribution in [0.2, 0.25) is 0 Å². The van der Waals surface area contributed by atoms with Gasteiger partial charge in [0.2, 0.25) is 0 Å². The number of aromatic amines is 1. The second kappa shape index (κ2) is 7.61. The van der Waals surface area contributed by atoms with E-state index in [1.54, 1.807) is 17.2 Å². The Balaban J connectivity index is 1.41. The maximum absolute atomic E-state index is 13.2. The molecule has 2 N–H and O–H groups in total. The first-order valence-corrected chi connectivity index (χ1v) is 10.4. The molecule has 8 heteroatoms. The number of nitrogens with zero attached hydrogens (tertiary/aromatic N) is 2. The number of ether oxygens (including phenoxy) is 2. The quantitative estimate of drug-likeness (QED) is 0.662. The highest BCUT2D eigenvalue weighted by atomic mass is 16.5. The number of methoxy groups -OCH3 is 1. The maximum atomic E-state index is 13.2. The van der Waals surface area contributed by atoms with E-state index in [4.69, 9.17) is 9.47 Å². The number of H-pyrrole nitrogens is 1. The van der Waals surface area contributed by atoms with Crippen LogP contribution in [0.25, 0.3) is 10.9 Å². The van der Waals surface area contributed by atoms with Gasteiger partial charge in [0, 0.05) is 43.3 Å². The number of likely N-dealkylation sites (tertiary alicyclic amines) is 1. The molecule has 0 radical (unpaired) electrons. The second-order valence-corrected chi connectivity index (χ2v) is 8.15. The summed E-state index contributed by atoms with van der Waals surface area (Å²) in [7, 11) is 1.39. The Morgan fingerprint density at radius 3 is 2.81 bits per heavy atom. The van der Waals surface area contributed by atoms with Gasteiger partial charge in [-0.05, 0) is 12.1 Å². The Labute approximate surface area is 179 Å². The lowest BCUT2D eigenvalue weighted by Gasteiger charge is -2.46. The summed E-state index contributed by atoms with van der Waals surface area (Å²) in [6.07, 6.45) is 3.39. The second-order valence-electron chi connectivity index (χ2n) is 8.15. The summed E-state index contributed by atoms with van der Waals surface area (Å²) in [4.78, 5) is 26.8. The first-order valence-electron chi connectivity index (χ1n) is 10.4. The van der Waals surface area contributed by atoms with Crippen LogP contribution >= 0.6 is 0 Å². The van der Waals surface area contributed by atoms with Crippen LogP contribution in [0.1, 0.15) is 41.2 Å². The highest BCUT2D eigenvalue weighted by molar-refractivity contribution is 6.05. The summed E-state index contributed by atoms with van der Waals surface area (Å²) >= 11 is 0. The number of amides is 2. The number of nitrogens with one attached hydrogen (secondary N) is 2. The minimum absolute atomic E-state index is 0.154. The molecule has 2 aliphatic rings. The molecular weight excluding hydrogens is 396 g/mol. The van der Waals surface area contributed by atoms with E-state index in [0.29, 0.717) is 37.9 Å². The number of benzene rings is 2. The normalized spacial score (nSPS) is 19.5. The lowest BCUT2D eigenvalue weighted by Crippen LogP contribution is -2.53. The topological polar surface area (TPSA) is 96.5 Å². The molecule has 8 nitrogen and oxygen atoms in total. The van der Waals surface area contributed by atoms with Crippen LogP contribution in [0.3, 0.4) is 0 Å². The first kappa shape index (κ1) is 19.4. The number of carbonyl (C=O) groups excluding carboxylic acids is 2. The SMILES string of the molecule is COC(=O)N1CCC2(CC1)C[C@H](NC(=O)c1cccc3cn[nH]c13)c1ccccc1O2. The molecule has 1 atom stereocenters. The van der Waals surface area contributed by atoms with Crippen molar-refractivity contribution in [2.24, 2.45) is 0 Å². The summed E-state index contributed by atoms with van der Waals surface area (Å²) in [5, 5.41) is 11.1. The Morgan fingerprint density at radius 2 is 2.00 bits per heavy atom. The molecule has 31 heavy (non-hydrogen) atoms. The third kappa shape index (κ3) is 3.48. The molecule has 3 heterocycles. The van der Waals surface area contributed by atoms with Gasteiger partial charge in [0.15, 0.2) is 0 Å². The van der Waals surface area contributed by atoms with E-state index in [1.165, 1.54) is 7.11 Å². The molecule has 0 bridgehead atoms. The van der Waals surface area contributed by atoms with E-state index in [-0.39, 0.29) is 18.0 Å². The first-order chi connectivity index (χ1) is 15.1. The lowest BCUT2D eigenvalue weighted by molar-refractivity contribution is -0.0220. The number of hydrogen-bond acceptors (Lipinski definition) is 5. The van der Waals surface area contributed by atoms with E-state index < -0.39 is 5.60 Å². The molecule has 160 valence electrons. The van der Waals surface area contributed by atoms with Crippen molar-refractivity contribution in [3.8, 4) is 5.75 Å². The van der Waals surface area contributed by atoms with Crippen molar-refractivity contribution in [2.75, 3.05) is 20.2 Å². The molecule has 1 saturated heterocycles. The van der Waals surface area contributed by atoms with Gasteiger partial charge in [0.05, 0.1) is 30.4 Å². The molecule has 1 aromatic heterocycles. The van der Waals surface area contributed by atoms with Crippen molar-refractivity contribution < 1.29 is 19.1 Å². The number of hydrogen-bond donors (Lipinski definition) is 2. The van der Waals surface area contributed by atoms with Crippen LogP contribution in [0, 0.1) is 0 Å². The molecular formula is C23H24N4O4. The Morgan fingerprint density at radius 1 is 1.19 bits per heavy atom. The summed E-state index contributed by atoms with van der Waals surface area (Å²) < 4.78 is 11.3. The van der Waals surface area contributed by atoms with Gasteiger partial charge in [-0.25, -0.2) is 4.79 Å². The van der Waals surface area contributed by atoms with Crippen LogP contribution in [-0.4, -0.2) is 52.9 Å². The van der Waals surface area contributed by atoms with Crippen molar-refractivity contribution in [3.05, 3.63) is 59.8 Å². The Bertz CT molecular complexity index is 1130. The van der Waals surface area contributed by atoms with E-state index in [1.807, 2.05) is 36.4 Å². The number of aromatic nitrogens is 2. The Hall–Kier alpha value is -3.55. The average Bonchev–Trinajstić information content (AvgIpc) is 3.28. The molecule has 0 unspecified atom stereocenters. The zero-order valence-corrected chi connectivity index (χ0v) is 17.3. The van der Waals surface area contributed by atoms with Gasteiger partial charge < -0.3 is 19.7 Å². The third-order valence-corrected chi connectivity index (χ3v) is 6.33. The van der Waals surface area contributed by atoms with Crippen LogP contribution < -0.4 is 10.1 Å². The monoisotopic (exact) mass is 420 g/mol. The van der Waals surface area contributed by atoms with Crippen molar-refractivity contribution in [1.29, 1.82) is 0 Å². The van der Waals surface area contributed by atoms with Crippen LogP contribution in [0.15, 0.2) is 48.7 Å². The van der Waals surface area contributed by atoms with Crippen molar-refractivity contribution in [1.82, 2.24) is 20.4 Å². The molecule has 1 spiro atoms. The molecule has 3 aromatic rings. The van der Waals surface area contributed by atoms with Gasteiger partial charge in [0.1, 0.15) is 11.4 Å². The summed E-state index contributed by atoms with van der Waals surface area (Å²) in [5.41, 5.74) is 1.82. The van der Waals surface area contributed by atoms with Crippen molar-refractivity contribution in [3.63, 3.8) is 0 Å². The van der Waals surface area contributed by atoms with E-state index in [9.17, 15) is 9.59 Å². The molecule has 0 aliphatic carbocycles. The lowest BCUT2D eigenvalue weighted by atomic mass is 9.80. The predicted octanol–water partition coefficient (Wildman–Crippen LogP) is 3.42. The highest BCUT2D eigenvalue weighted by Gasteiger charge is 2.44. The fraction of sp³-hybridized carbons (Fsp3) is 0.348. The predicted molar refractivity (Wildman–Crippen MR) is 114 cm³/mol. The van der Waals surface area contributed by atoms with Crippen molar-refractivity contribution in [2.45, 2.75) is 30.9 Å². The van der Waals surface area contributed by atoms with Gasteiger partial charge in [-0.15, -0.1) is 0 Å². The minimum atomic E-state index is -0.434. The summed E-state index contributed by atoms with van der Waals surface area (Å²) in [6.45, 7) is 1.12. The van der Waals surface area contributed by atoms with Gasteiger partial charge in [0.25, 0.3) is 5.91 Å². The van der Waals surface area contributed by atoms with Gasteiger partial charge in [-0.1, -0.05) is 30.3 Å². The zero-order valence-electron chi connectivity index (χ0n) is 17.3.